The van der Waals surface area contributed by atoms with Crippen LogP contribution in [0.1, 0.15) is 27.6 Å². The highest BCUT2D eigenvalue weighted by atomic mass is 16.2. The average Bonchev–Trinajstić information content (AvgIpc) is 2.79. The van der Waals surface area contributed by atoms with Crippen molar-refractivity contribution in [1.82, 2.24) is 0 Å². The Kier molecular flexibility index (Phi) is 7.01. The fourth-order valence-electron chi connectivity index (χ4n) is 3.15. The molecule has 7 heteroatoms. The molecule has 7 nitrogen and oxygen atoms in total. The van der Waals surface area contributed by atoms with Gasteiger partial charge in [0.2, 0.25) is 5.91 Å². The van der Waals surface area contributed by atoms with Crippen LogP contribution in [0.25, 0.3) is 0 Å². The van der Waals surface area contributed by atoms with Crippen LogP contribution in [0, 0.1) is 0 Å². The van der Waals surface area contributed by atoms with E-state index in [0.717, 1.165) is 5.69 Å². The SMILES string of the molecule is CCN(C(=O)c1cccc(NCC(=O)Nc2ccccc2C(N)=O)c1)c1ccccc1. The van der Waals surface area contributed by atoms with Gasteiger partial charge in [0.05, 0.1) is 17.8 Å². The third kappa shape index (κ3) is 5.48. The van der Waals surface area contributed by atoms with Gasteiger partial charge in [-0.25, -0.2) is 0 Å². The molecule has 3 aromatic rings. The van der Waals surface area contributed by atoms with E-state index >= 15 is 0 Å². The van der Waals surface area contributed by atoms with E-state index in [9.17, 15) is 14.4 Å². The third-order valence-corrected chi connectivity index (χ3v) is 4.66. The molecule has 0 bridgehead atoms. The summed E-state index contributed by atoms with van der Waals surface area (Å²) in [6.07, 6.45) is 0. The highest BCUT2D eigenvalue weighted by molar-refractivity contribution is 6.07. The molecular weight excluding hydrogens is 392 g/mol. The van der Waals surface area contributed by atoms with Crippen LogP contribution in [0.3, 0.4) is 0 Å². The first-order chi connectivity index (χ1) is 15.0. The normalized spacial score (nSPS) is 10.2. The smallest absolute Gasteiger partial charge is 0.258 e. The van der Waals surface area contributed by atoms with Gasteiger partial charge in [-0.05, 0) is 49.4 Å². The van der Waals surface area contributed by atoms with Crippen LogP contribution < -0.4 is 21.3 Å². The second-order valence-electron chi connectivity index (χ2n) is 6.78. The number of carbonyl (C=O) groups is 3. The second-order valence-corrected chi connectivity index (χ2v) is 6.78. The Hall–Kier alpha value is -4.13. The first-order valence-electron chi connectivity index (χ1n) is 9.89. The molecular formula is C24H24N4O3. The monoisotopic (exact) mass is 416 g/mol. The molecule has 0 atom stereocenters. The Morgan fingerprint density at radius 1 is 0.903 bits per heavy atom. The van der Waals surface area contributed by atoms with Crippen molar-refractivity contribution in [2.45, 2.75) is 6.92 Å². The topological polar surface area (TPSA) is 105 Å². The maximum Gasteiger partial charge on any atom is 0.258 e. The van der Waals surface area contributed by atoms with Crippen LogP contribution in [0.15, 0.2) is 78.9 Å². The number of nitrogens with two attached hydrogens (primary N) is 1. The molecule has 0 saturated heterocycles. The van der Waals surface area contributed by atoms with Gasteiger partial charge in [-0.15, -0.1) is 0 Å². The van der Waals surface area contributed by atoms with Gasteiger partial charge in [0.15, 0.2) is 0 Å². The maximum absolute atomic E-state index is 13.0. The van der Waals surface area contributed by atoms with Gasteiger partial charge in [0, 0.05) is 23.5 Å². The summed E-state index contributed by atoms with van der Waals surface area (Å²) in [6, 6.07) is 23.0. The molecule has 0 fully saturated rings. The number of hydrogen-bond donors (Lipinski definition) is 3. The first kappa shape index (κ1) is 21.6. The quantitative estimate of drug-likeness (QED) is 0.523. The molecule has 3 rings (SSSR count). The number of rotatable bonds is 8. The minimum atomic E-state index is -0.617. The second kappa shape index (κ2) is 10.1. The van der Waals surface area contributed by atoms with Crippen LogP contribution in [-0.4, -0.2) is 30.8 Å². The van der Waals surface area contributed by atoms with Crippen molar-refractivity contribution in [2.24, 2.45) is 5.73 Å². The van der Waals surface area contributed by atoms with E-state index < -0.39 is 5.91 Å². The maximum atomic E-state index is 13.0. The van der Waals surface area contributed by atoms with E-state index in [1.54, 1.807) is 53.4 Å². The van der Waals surface area contributed by atoms with Crippen molar-refractivity contribution in [3.05, 3.63) is 90.0 Å². The summed E-state index contributed by atoms with van der Waals surface area (Å²) in [4.78, 5) is 38.5. The lowest BCUT2D eigenvalue weighted by molar-refractivity contribution is -0.114. The fourth-order valence-corrected chi connectivity index (χ4v) is 3.15. The molecule has 0 aliphatic heterocycles. The van der Waals surface area contributed by atoms with E-state index in [2.05, 4.69) is 10.6 Å². The number of nitrogens with zero attached hydrogens (tertiary/aromatic N) is 1. The van der Waals surface area contributed by atoms with Crippen molar-refractivity contribution in [2.75, 3.05) is 28.6 Å². The minimum Gasteiger partial charge on any atom is -0.376 e. The Morgan fingerprint density at radius 3 is 2.32 bits per heavy atom. The molecule has 0 aromatic heterocycles. The van der Waals surface area contributed by atoms with Gasteiger partial charge in [0.1, 0.15) is 0 Å². The lowest BCUT2D eigenvalue weighted by Crippen LogP contribution is -2.30. The number of carbonyl (C=O) groups excluding carboxylic acids is 3. The summed E-state index contributed by atoms with van der Waals surface area (Å²) in [7, 11) is 0. The number of benzene rings is 3. The molecule has 0 spiro atoms. The van der Waals surface area contributed by atoms with Crippen LogP contribution in [0.4, 0.5) is 17.1 Å². The van der Waals surface area contributed by atoms with Crippen molar-refractivity contribution < 1.29 is 14.4 Å². The van der Waals surface area contributed by atoms with Crippen molar-refractivity contribution in [3.63, 3.8) is 0 Å². The number of para-hydroxylation sites is 2. The number of nitrogens with one attached hydrogen (secondary N) is 2. The molecule has 0 unspecified atom stereocenters. The minimum absolute atomic E-state index is 0.0408. The number of primary amides is 1. The Morgan fingerprint density at radius 2 is 1.61 bits per heavy atom. The predicted molar refractivity (Wildman–Crippen MR) is 122 cm³/mol. The molecule has 0 saturated carbocycles. The highest BCUT2D eigenvalue weighted by Crippen LogP contribution is 2.19. The summed E-state index contributed by atoms with van der Waals surface area (Å²) >= 11 is 0. The molecule has 3 aromatic carbocycles. The van der Waals surface area contributed by atoms with E-state index in [0.29, 0.717) is 23.5 Å². The zero-order valence-electron chi connectivity index (χ0n) is 17.2. The van der Waals surface area contributed by atoms with Crippen molar-refractivity contribution >= 4 is 34.8 Å². The van der Waals surface area contributed by atoms with Gasteiger partial charge in [-0.3, -0.25) is 14.4 Å². The molecule has 0 aliphatic carbocycles. The largest absolute Gasteiger partial charge is 0.376 e. The van der Waals surface area contributed by atoms with E-state index in [4.69, 9.17) is 5.73 Å². The number of anilines is 3. The fraction of sp³-hybridized carbons (Fsp3) is 0.125. The van der Waals surface area contributed by atoms with E-state index in [1.165, 1.54) is 0 Å². The third-order valence-electron chi connectivity index (χ3n) is 4.66. The summed E-state index contributed by atoms with van der Waals surface area (Å²) in [5.74, 6) is -1.09. The van der Waals surface area contributed by atoms with Gasteiger partial charge in [-0.1, -0.05) is 36.4 Å². The molecule has 31 heavy (non-hydrogen) atoms. The number of amides is 3. The molecule has 0 heterocycles. The first-order valence-corrected chi connectivity index (χ1v) is 9.89. The molecule has 0 radical (unpaired) electrons. The predicted octanol–water partition coefficient (Wildman–Crippen LogP) is 3.50. The Bertz CT molecular complexity index is 1080. The zero-order valence-corrected chi connectivity index (χ0v) is 17.2. The zero-order chi connectivity index (χ0) is 22.2. The van der Waals surface area contributed by atoms with Crippen LogP contribution in [-0.2, 0) is 4.79 Å². The van der Waals surface area contributed by atoms with E-state index in [-0.39, 0.29) is 23.9 Å². The molecule has 3 amide bonds. The van der Waals surface area contributed by atoms with E-state index in [1.807, 2.05) is 37.3 Å². The number of hydrogen-bond acceptors (Lipinski definition) is 4. The standard InChI is InChI=1S/C24H24N4O3/c1-2-28(19-11-4-3-5-12-19)24(31)17-9-8-10-18(15-17)26-16-22(29)27-21-14-7-6-13-20(21)23(25)30/h3-15,26H,2,16H2,1H3,(H2,25,30)(H,27,29). The molecule has 158 valence electrons. The Balaban J connectivity index is 1.66. The van der Waals surface area contributed by atoms with Gasteiger partial charge >= 0.3 is 0 Å². The highest BCUT2D eigenvalue weighted by Gasteiger charge is 2.16. The van der Waals surface area contributed by atoms with Crippen LogP contribution >= 0.6 is 0 Å². The van der Waals surface area contributed by atoms with Crippen molar-refractivity contribution in [1.29, 1.82) is 0 Å². The van der Waals surface area contributed by atoms with Crippen LogP contribution in [0.5, 0.6) is 0 Å². The molecule has 4 N–H and O–H groups in total. The summed E-state index contributed by atoms with van der Waals surface area (Å²) < 4.78 is 0. The summed E-state index contributed by atoms with van der Waals surface area (Å²) in [6.45, 7) is 2.41. The Labute approximate surface area is 180 Å². The average molecular weight is 416 g/mol. The lowest BCUT2D eigenvalue weighted by atomic mass is 10.1. The van der Waals surface area contributed by atoms with Gasteiger partial charge < -0.3 is 21.3 Å². The molecule has 0 aliphatic rings. The summed E-state index contributed by atoms with van der Waals surface area (Å²) in [5.41, 5.74) is 7.89. The summed E-state index contributed by atoms with van der Waals surface area (Å²) in [5, 5.41) is 5.68. The van der Waals surface area contributed by atoms with Crippen LogP contribution in [0.2, 0.25) is 0 Å². The van der Waals surface area contributed by atoms with Gasteiger partial charge in [-0.2, -0.15) is 0 Å². The lowest BCUT2D eigenvalue weighted by Gasteiger charge is -2.21. The van der Waals surface area contributed by atoms with Gasteiger partial charge in [0.25, 0.3) is 11.8 Å². The van der Waals surface area contributed by atoms with Crippen molar-refractivity contribution in [3.8, 4) is 0 Å².